The molecule has 0 aliphatic rings. The molecular formula is C16H12N4O3S. The molecule has 0 unspecified atom stereocenters. The first-order valence-corrected chi connectivity index (χ1v) is 8.04. The van der Waals surface area contributed by atoms with E-state index in [1.807, 2.05) is 35.7 Å². The molecule has 4 rings (SSSR count). The maximum absolute atomic E-state index is 5.83. The zero-order valence-electron chi connectivity index (χ0n) is 12.7. The Morgan fingerprint density at radius 3 is 2.71 bits per heavy atom. The molecule has 0 amide bonds. The van der Waals surface area contributed by atoms with Crippen LogP contribution in [0.4, 0.5) is 0 Å². The first kappa shape index (κ1) is 14.6. The van der Waals surface area contributed by atoms with Crippen LogP contribution in [0.1, 0.15) is 11.7 Å². The smallest absolute Gasteiger partial charge is 0.264 e. The number of hydrogen-bond donors (Lipinski definition) is 0. The third-order valence-corrected chi connectivity index (χ3v) is 4.07. The van der Waals surface area contributed by atoms with E-state index in [0.717, 1.165) is 10.2 Å². The lowest BCUT2D eigenvalue weighted by Crippen LogP contribution is -1.96. The number of nitrogens with zero attached hydrogens (tertiary/aromatic N) is 4. The summed E-state index contributed by atoms with van der Waals surface area (Å²) in [5.74, 6) is 2.92. The number of ether oxygens (including phenoxy) is 2. The molecule has 0 atom stereocenters. The summed E-state index contributed by atoms with van der Waals surface area (Å²) >= 11 is 1.55. The van der Waals surface area contributed by atoms with E-state index in [1.54, 1.807) is 18.3 Å². The number of rotatable bonds is 5. The van der Waals surface area contributed by atoms with Gasteiger partial charge in [-0.25, -0.2) is 9.97 Å². The summed E-state index contributed by atoms with van der Waals surface area (Å²) in [6.45, 7) is 1.99. The fourth-order valence-corrected chi connectivity index (χ4v) is 2.87. The van der Waals surface area contributed by atoms with E-state index in [0.29, 0.717) is 29.1 Å². The van der Waals surface area contributed by atoms with Gasteiger partial charge < -0.3 is 14.0 Å². The summed E-state index contributed by atoms with van der Waals surface area (Å²) in [6, 6.07) is 9.19. The standard InChI is InChI=1S/C16H12N4O3S/c1-10-19-14(23-20-10)8-21-11-2-4-12(5-3-11)22-16-15-13(6-7-24-15)17-9-18-16/h2-7,9H,8H2,1H3. The van der Waals surface area contributed by atoms with E-state index in [4.69, 9.17) is 14.0 Å². The van der Waals surface area contributed by atoms with Gasteiger partial charge in [-0.15, -0.1) is 11.3 Å². The number of fused-ring (bicyclic) bond motifs is 1. The van der Waals surface area contributed by atoms with Crippen molar-refractivity contribution >= 4 is 21.6 Å². The third-order valence-electron chi connectivity index (χ3n) is 3.18. The maximum atomic E-state index is 5.83. The van der Waals surface area contributed by atoms with Crippen LogP contribution in [0.2, 0.25) is 0 Å². The summed E-state index contributed by atoms with van der Waals surface area (Å²) in [7, 11) is 0. The lowest BCUT2D eigenvalue weighted by Gasteiger charge is -2.07. The van der Waals surface area contributed by atoms with Gasteiger partial charge in [0.25, 0.3) is 5.89 Å². The fourth-order valence-electron chi connectivity index (χ4n) is 2.10. The predicted octanol–water partition coefficient (Wildman–Crippen LogP) is 3.75. The van der Waals surface area contributed by atoms with Gasteiger partial charge in [0.15, 0.2) is 12.4 Å². The SMILES string of the molecule is Cc1noc(COc2ccc(Oc3ncnc4ccsc34)cc2)n1. The van der Waals surface area contributed by atoms with Gasteiger partial charge in [-0.3, -0.25) is 0 Å². The minimum absolute atomic E-state index is 0.225. The number of thiophene rings is 1. The highest BCUT2D eigenvalue weighted by molar-refractivity contribution is 7.17. The van der Waals surface area contributed by atoms with Gasteiger partial charge >= 0.3 is 0 Å². The van der Waals surface area contributed by atoms with E-state index in [-0.39, 0.29) is 6.61 Å². The number of benzene rings is 1. The minimum Gasteiger partial charge on any atom is -0.484 e. The van der Waals surface area contributed by atoms with Crippen molar-refractivity contribution in [2.45, 2.75) is 13.5 Å². The molecule has 7 nitrogen and oxygen atoms in total. The Balaban J connectivity index is 1.44. The molecule has 4 aromatic rings. The van der Waals surface area contributed by atoms with Crippen molar-refractivity contribution in [1.82, 2.24) is 20.1 Å². The normalized spacial score (nSPS) is 10.9. The largest absolute Gasteiger partial charge is 0.484 e. The van der Waals surface area contributed by atoms with E-state index in [1.165, 1.54) is 6.33 Å². The lowest BCUT2D eigenvalue weighted by molar-refractivity contribution is 0.242. The Hall–Kier alpha value is -3.00. The fraction of sp³-hybridized carbons (Fsp3) is 0.125. The molecular weight excluding hydrogens is 328 g/mol. The van der Waals surface area contributed by atoms with Crippen molar-refractivity contribution in [3.05, 3.63) is 53.8 Å². The molecule has 0 aliphatic carbocycles. The van der Waals surface area contributed by atoms with Crippen LogP contribution in [0.15, 0.2) is 46.6 Å². The summed E-state index contributed by atoms with van der Waals surface area (Å²) in [5.41, 5.74) is 0.875. The van der Waals surface area contributed by atoms with Crippen LogP contribution in [-0.4, -0.2) is 20.1 Å². The summed E-state index contributed by atoms with van der Waals surface area (Å²) in [5, 5.41) is 5.67. The average molecular weight is 340 g/mol. The van der Waals surface area contributed by atoms with Crippen LogP contribution in [0.25, 0.3) is 10.2 Å². The van der Waals surface area contributed by atoms with E-state index in [9.17, 15) is 0 Å². The molecule has 8 heteroatoms. The molecule has 24 heavy (non-hydrogen) atoms. The Morgan fingerprint density at radius 1 is 1.08 bits per heavy atom. The highest BCUT2D eigenvalue weighted by atomic mass is 32.1. The first-order valence-electron chi connectivity index (χ1n) is 7.16. The Bertz CT molecular complexity index is 965. The molecule has 0 bridgehead atoms. The molecule has 0 N–H and O–H groups in total. The van der Waals surface area contributed by atoms with Crippen LogP contribution in [0, 0.1) is 6.92 Å². The third kappa shape index (κ3) is 3.04. The van der Waals surface area contributed by atoms with Crippen molar-refractivity contribution in [1.29, 1.82) is 0 Å². The number of aromatic nitrogens is 4. The molecule has 0 radical (unpaired) electrons. The lowest BCUT2D eigenvalue weighted by atomic mass is 10.3. The molecule has 0 fully saturated rings. The molecule has 1 aromatic carbocycles. The second-order valence-corrected chi connectivity index (χ2v) is 5.83. The molecule has 0 spiro atoms. The van der Waals surface area contributed by atoms with Crippen molar-refractivity contribution < 1.29 is 14.0 Å². The van der Waals surface area contributed by atoms with E-state index in [2.05, 4.69) is 20.1 Å². The van der Waals surface area contributed by atoms with Crippen LogP contribution >= 0.6 is 11.3 Å². The topological polar surface area (TPSA) is 83.2 Å². The summed E-state index contributed by atoms with van der Waals surface area (Å²) < 4.78 is 17.3. The molecule has 0 saturated heterocycles. The predicted molar refractivity (Wildman–Crippen MR) is 87.3 cm³/mol. The van der Waals surface area contributed by atoms with E-state index >= 15 is 0 Å². The Labute approximate surface area is 140 Å². The van der Waals surface area contributed by atoms with Crippen molar-refractivity contribution in [3.63, 3.8) is 0 Å². The van der Waals surface area contributed by atoms with Gasteiger partial charge in [0.05, 0.1) is 5.52 Å². The van der Waals surface area contributed by atoms with Crippen molar-refractivity contribution in [3.8, 4) is 17.4 Å². The van der Waals surface area contributed by atoms with Gasteiger partial charge in [-0.1, -0.05) is 5.16 Å². The number of aryl methyl sites for hydroxylation is 1. The molecule has 120 valence electrons. The van der Waals surface area contributed by atoms with Crippen LogP contribution in [-0.2, 0) is 6.61 Å². The van der Waals surface area contributed by atoms with Crippen LogP contribution in [0.5, 0.6) is 17.4 Å². The summed E-state index contributed by atoms with van der Waals surface area (Å²) in [4.78, 5) is 12.5. The van der Waals surface area contributed by atoms with Gasteiger partial charge in [0.2, 0.25) is 5.88 Å². The highest BCUT2D eigenvalue weighted by Gasteiger charge is 2.08. The monoisotopic (exact) mass is 340 g/mol. The molecule has 3 heterocycles. The second kappa shape index (κ2) is 6.25. The summed E-state index contributed by atoms with van der Waals surface area (Å²) in [6.07, 6.45) is 1.49. The Kier molecular flexibility index (Phi) is 3.80. The molecule has 0 saturated carbocycles. The maximum Gasteiger partial charge on any atom is 0.264 e. The average Bonchev–Trinajstić information content (AvgIpc) is 3.23. The minimum atomic E-state index is 0.225. The van der Waals surface area contributed by atoms with Gasteiger partial charge in [0, 0.05) is 0 Å². The van der Waals surface area contributed by atoms with Crippen molar-refractivity contribution in [2.75, 3.05) is 0 Å². The van der Waals surface area contributed by atoms with Crippen LogP contribution < -0.4 is 9.47 Å². The zero-order chi connectivity index (χ0) is 16.4. The Morgan fingerprint density at radius 2 is 1.92 bits per heavy atom. The quantitative estimate of drug-likeness (QED) is 0.547. The zero-order valence-corrected chi connectivity index (χ0v) is 13.5. The highest BCUT2D eigenvalue weighted by Crippen LogP contribution is 2.31. The van der Waals surface area contributed by atoms with Gasteiger partial charge in [0.1, 0.15) is 22.5 Å². The first-order chi connectivity index (χ1) is 11.8. The van der Waals surface area contributed by atoms with E-state index < -0.39 is 0 Å². The van der Waals surface area contributed by atoms with Gasteiger partial charge in [-0.05, 0) is 42.6 Å². The second-order valence-electron chi connectivity index (χ2n) is 4.91. The number of hydrogen-bond acceptors (Lipinski definition) is 8. The van der Waals surface area contributed by atoms with Crippen LogP contribution in [0.3, 0.4) is 0 Å². The molecule has 0 aliphatic heterocycles. The molecule has 3 aromatic heterocycles. The van der Waals surface area contributed by atoms with Crippen molar-refractivity contribution in [2.24, 2.45) is 0 Å². The van der Waals surface area contributed by atoms with Gasteiger partial charge in [-0.2, -0.15) is 4.98 Å².